The number of ether oxygens (including phenoxy) is 1. The van der Waals surface area contributed by atoms with Crippen LogP contribution in [0.5, 0.6) is 5.75 Å². The molecule has 154 valence electrons. The standard InChI is InChI=1S/C24H33NO2.ClH/c1-24(2,3)25-22-14-7-18(16-23(22)26)15-17-5-8-19(9-6-17)20-10-12-21(27-4)13-11-20;/h5-6,8-13,18,22-23,25-26H,7,14-16H2,1-4H3;1H/t18-,22-,23-;/m1./s1. The van der Waals surface area contributed by atoms with Gasteiger partial charge in [0.2, 0.25) is 0 Å². The largest absolute Gasteiger partial charge is 0.497 e. The molecule has 3 atom stereocenters. The van der Waals surface area contributed by atoms with Gasteiger partial charge in [0.15, 0.2) is 0 Å². The zero-order valence-electron chi connectivity index (χ0n) is 17.4. The van der Waals surface area contributed by atoms with E-state index in [4.69, 9.17) is 4.74 Å². The van der Waals surface area contributed by atoms with Gasteiger partial charge >= 0.3 is 0 Å². The van der Waals surface area contributed by atoms with Crippen LogP contribution in [0.2, 0.25) is 0 Å². The molecule has 1 aliphatic carbocycles. The van der Waals surface area contributed by atoms with Gasteiger partial charge in [-0.25, -0.2) is 0 Å². The summed E-state index contributed by atoms with van der Waals surface area (Å²) in [4.78, 5) is 0. The van der Waals surface area contributed by atoms with Crippen molar-refractivity contribution >= 4 is 12.4 Å². The Bertz CT molecular complexity index is 722. The molecule has 2 aromatic carbocycles. The van der Waals surface area contributed by atoms with E-state index in [2.05, 4.69) is 62.5 Å². The van der Waals surface area contributed by atoms with Crippen molar-refractivity contribution in [2.75, 3.05) is 7.11 Å². The average molecular weight is 404 g/mol. The van der Waals surface area contributed by atoms with Gasteiger partial charge in [-0.05, 0) is 81.2 Å². The Morgan fingerprint density at radius 3 is 2.04 bits per heavy atom. The van der Waals surface area contributed by atoms with E-state index in [1.807, 2.05) is 12.1 Å². The van der Waals surface area contributed by atoms with Crippen LogP contribution in [0.15, 0.2) is 48.5 Å². The third-order valence-corrected chi connectivity index (χ3v) is 5.45. The van der Waals surface area contributed by atoms with Gasteiger partial charge in [0.25, 0.3) is 0 Å². The number of aliphatic hydroxyl groups is 1. The first-order valence-electron chi connectivity index (χ1n) is 10.0. The molecule has 0 heterocycles. The van der Waals surface area contributed by atoms with Crippen molar-refractivity contribution in [3.05, 3.63) is 54.1 Å². The summed E-state index contributed by atoms with van der Waals surface area (Å²) in [6.45, 7) is 6.49. The van der Waals surface area contributed by atoms with Crippen LogP contribution in [0.1, 0.15) is 45.6 Å². The summed E-state index contributed by atoms with van der Waals surface area (Å²) >= 11 is 0. The molecule has 3 nitrogen and oxygen atoms in total. The quantitative estimate of drug-likeness (QED) is 0.716. The first-order valence-corrected chi connectivity index (χ1v) is 10.0. The topological polar surface area (TPSA) is 41.5 Å². The molecule has 4 heteroatoms. The number of nitrogens with one attached hydrogen (secondary N) is 1. The normalized spacial score (nSPS) is 22.4. The molecule has 0 unspecified atom stereocenters. The van der Waals surface area contributed by atoms with E-state index in [0.717, 1.165) is 25.0 Å². The highest BCUT2D eigenvalue weighted by atomic mass is 35.5. The molecule has 1 saturated carbocycles. The Morgan fingerprint density at radius 2 is 1.54 bits per heavy atom. The molecule has 0 radical (unpaired) electrons. The van der Waals surface area contributed by atoms with Crippen LogP contribution in [0, 0.1) is 5.92 Å². The lowest BCUT2D eigenvalue weighted by atomic mass is 9.80. The van der Waals surface area contributed by atoms with Gasteiger partial charge in [-0.2, -0.15) is 0 Å². The monoisotopic (exact) mass is 403 g/mol. The highest BCUT2D eigenvalue weighted by Gasteiger charge is 2.31. The maximum atomic E-state index is 10.5. The van der Waals surface area contributed by atoms with Crippen molar-refractivity contribution in [2.24, 2.45) is 5.92 Å². The fourth-order valence-corrected chi connectivity index (χ4v) is 4.09. The van der Waals surface area contributed by atoms with Crippen LogP contribution >= 0.6 is 12.4 Å². The van der Waals surface area contributed by atoms with Gasteiger partial charge in [0.1, 0.15) is 5.75 Å². The third-order valence-electron chi connectivity index (χ3n) is 5.45. The van der Waals surface area contributed by atoms with Crippen molar-refractivity contribution in [3.63, 3.8) is 0 Å². The molecule has 2 N–H and O–H groups in total. The Morgan fingerprint density at radius 1 is 0.964 bits per heavy atom. The number of benzene rings is 2. The van der Waals surface area contributed by atoms with Gasteiger partial charge in [-0.3, -0.25) is 0 Å². The molecule has 0 amide bonds. The predicted octanol–water partition coefficient (Wildman–Crippen LogP) is 5.24. The minimum absolute atomic E-state index is 0. The van der Waals surface area contributed by atoms with E-state index in [1.165, 1.54) is 23.1 Å². The SMILES string of the molecule is COc1ccc(-c2ccc(C[C@H]3CC[C@@H](NC(C)(C)C)[C@H](O)C3)cc2)cc1.Cl. The number of hydrogen-bond acceptors (Lipinski definition) is 3. The van der Waals surface area contributed by atoms with E-state index < -0.39 is 0 Å². The number of hydrogen-bond donors (Lipinski definition) is 2. The fourth-order valence-electron chi connectivity index (χ4n) is 4.09. The molecule has 1 fully saturated rings. The lowest BCUT2D eigenvalue weighted by molar-refractivity contribution is 0.0543. The maximum absolute atomic E-state index is 10.5. The molecule has 3 rings (SSSR count). The lowest BCUT2D eigenvalue weighted by Gasteiger charge is -2.38. The van der Waals surface area contributed by atoms with Gasteiger partial charge in [-0.1, -0.05) is 36.4 Å². The highest BCUT2D eigenvalue weighted by molar-refractivity contribution is 5.85. The summed E-state index contributed by atoms with van der Waals surface area (Å²) in [5, 5.41) is 14.1. The first kappa shape index (κ1) is 22.7. The van der Waals surface area contributed by atoms with Gasteiger partial charge in [0, 0.05) is 11.6 Å². The van der Waals surface area contributed by atoms with Crippen LogP contribution in [0.4, 0.5) is 0 Å². The second-order valence-electron chi connectivity index (χ2n) is 8.88. The average Bonchev–Trinajstić information content (AvgIpc) is 2.64. The number of halogens is 1. The van der Waals surface area contributed by atoms with Gasteiger partial charge < -0.3 is 15.2 Å². The fraction of sp³-hybridized carbons (Fsp3) is 0.500. The van der Waals surface area contributed by atoms with Crippen molar-refractivity contribution in [1.29, 1.82) is 0 Å². The number of aliphatic hydroxyl groups excluding tert-OH is 1. The summed E-state index contributed by atoms with van der Waals surface area (Å²) in [5.41, 5.74) is 3.83. The Balaban J connectivity index is 0.00000280. The van der Waals surface area contributed by atoms with Crippen LogP contribution in [-0.4, -0.2) is 29.9 Å². The Labute approximate surface area is 175 Å². The summed E-state index contributed by atoms with van der Waals surface area (Å²) in [7, 11) is 1.69. The highest BCUT2D eigenvalue weighted by Crippen LogP contribution is 2.30. The number of methoxy groups -OCH3 is 1. The summed E-state index contributed by atoms with van der Waals surface area (Å²) in [5.74, 6) is 1.44. The van der Waals surface area contributed by atoms with E-state index in [1.54, 1.807) is 7.11 Å². The maximum Gasteiger partial charge on any atom is 0.118 e. The summed E-state index contributed by atoms with van der Waals surface area (Å²) in [6, 6.07) is 17.2. The van der Waals surface area contributed by atoms with E-state index >= 15 is 0 Å². The second-order valence-corrected chi connectivity index (χ2v) is 8.88. The first-order chi connectivity index (χ1) is 12.8. The van der Waals surface area contributed by atoms with Crippen molar-refractivity contribution in [3.8, 4) is 16.9 Å². The molecule has 28 heavy (non-hydrogen) atoms. The zero-order valence-corrected chi connectivity index (χ0v) is 18.3. The zero-order chi connectivity index (χ0) is 19.4. The molecule has 0 saturated heterocycles. The molecule has 0 aromatic heterocycles. The van der Waals surface area contributed by atoms with Crippen LogP contribution in [0.3, 0.4) is 0 Å². The molecular formula is C24H34ClNO2. The molecular weight excluding hydrogens is 370 g/mol. The van der Waals surface area contributed by atoms with Gasteiger partial charge in [0.05, 0.1) is 13.2 Å². The molecule has 0 bridgehead atoms. The van der Waals surface area contributed by atoms with Crippen molar-refractivity contribution in [1.82, 2.24) is 5.32 Å². The Kier molecular flexibility index (Phi) is 7.94. The van der Waals surface area contributed by atoms with Crippen LogP contribution in [-0.2, 0) is 6.42 Å². The summed E-state index contributed by atoms with van der Waals surface area (Å²) < 4.78 is 5.23. The minimum Gasteiger partial charge on any atom is -0.497 e. The minimum atomic E-state index is -0.249. The second kappa shape index (κ2) is 9.78. The predicted molar refractivity (Wildman–Crippen MR) is 119 cm³/mol. The molecule has 0 spiro atoms. The number of rotatable bonds is 5. The third kappa shape index (κ3) is 6.23. The molecule has 0 aliphatic heterocycles. The van der Waals surface area contributed by atoms with E-state index in [9.17, 15) is 5.11 Å². The van der Waals surface area contributed by atoms with Crippen LogP contribution < -0.4 is 10.1 Å². The van der Waals surface area contributed by atoms with E-state index in [-0.39, 0.29) is 30.1 Å². The van der Waals surface area contributed by atoms with Gasteiger partial charge in [-0.15, -0.1) is 12.4 Å². The lowest BCUT2D eigenvalue weighted by Crippen LogP contribution is -2.51. The van der Waals surface area contributed by atoms with Crippen LogP contribution in [0.25, 0.3) is 11.1 Å². The van der Waals surface area contributed by atoms with Crippen molar-refractivity contribution < 1.29 is 9.84 Å². The summed E-state index contributed by atoms with van der Waals surface area (Å²) in [6.07, 6.45) is 3.90. The Hall–Kier alpha value is -1.55. The van der Waals surface area contributed by atoms with Crippen molar-refractivity contribution in [2.45, 2.75) is 64.1 Å². The smallest absolute Gasteiger partial charge is 0.118 e. The van der Waals surface area contributed by atoms with E-state index in [0.29, 0.717) is 5.92 Å². The molecule has 1 aliphatic rings. The molecule has 2 aromatic rings.